The van der Waals surface area contributed by atoms with Gasteiger partial charge in [-0.3, -0.25) is 4.79 Å². The summed E-state index contributed by atoms with van der Waals surface area (Å²) in [6.45, 7) is 4.12. The SMILES string of the molecule is CC(C)(CNC(=O)[C@@H](N)Cc1ccccc1)c1ccccc1F.Cl. The van der Waals surface area contributed by atoms with Crippen LogP contribution in [-0.4, -0.2) is 18.5 Å². The van der Waals surface area contributed by atoms with E-state index >= 15 is 0 Å². The number of amides is 1. The molecule has 1 atom stereocenters. The zero-order chi connectivity index (χ0) is 16.9. The summed E-state index contributed by atoms with van der Waals surface area (Å²) in [7, 11) is 0. The first kappa shape index (κ1) is 20.1. The number of halogens is 2. The maximum absolute atomic E-state index is 13.9. The van der Waals surface area contributed by atoms with E-state index in [0.717, 1.165) is 5.56 Å². The van der Waals surface area contributed by atoms with Crippen molar-refractivity contribution in [1.29, 1.82) is 0 Å². The molecule has 3 N–H and O–H groups in total. The summed E-state index contributed by atoms with van der Waals surface area (Å²) >= 11 is 0. The van der Waals surface area contributed by atoms with Crippen LogP contribution in [0.1, 0.15) is 25.0 Å². The predicted octanol–water partition coefficient (Wildman–Crippen LogP) is 3.21. The molecule has 24 heavy (non-hydrogen) atoms. The van der Waals surface area contributed by atoms with E-state index in [1.807, 2.05) is 44.2 Å². The van der Waals surface area contributed by atoms with E-state index in [1.165, 1.54) is 6.07 Å². The van der Waals surface area contributed by atoms with E-state index in [-0.39, 0.29) is 24.1 Å². The highest BCUT2D eigenvalue weighted by Crippen LogP contribution is 2.24. The predicted molar refractivity (Wildman–Crippen MR) is 97.8 cm³/mol. The zero-order valence-corrected chi connectivity index (χ0v) is 14.8. The Labute approximate surface area is 148 Å². The van der Waals surface area contributed by atoms with Crippen molar-refractivity contribution in [3.05, 3.63) is 71.5 Å². The van der Waals surface area contributed by atoms with Gasteiger partial charge in [-0.1, -0.05) is 62.4 Å². The van der Waals surface area contributed by atoms with E-state index in [0.29, 0.717) is 18.5 Å². The molecule has 0 aromatic heterocycles. The molecule has 5 heteroatoms. The van der Waals surface area contributed by atoms with Crippen LogP contribution < -0.4 is 11.1 Å². The number of carbonyl (C=O) groups is 1. The van der Waals surface area contributed by atoms with Crippen molar-refractivity contribution >= 4 is 18.3 Å². The van der Waals surface area contributed by atoms with Crippen LogP contribution in [0.4, 0.5) is 4.39 Å². The van der Waals surface area contributed by atoms with Crippen molar-refractivity contribution in [2.45, 2.75) is 31.7 Å². The van der Waals surface area contributed by atoms with Gasteiger partial charge in [0.15, 0.2) is 0 Å². The molecular weight excluding hydrogens is 327 g/mol. The third-order valence-electron chi connectivity index (χ3n) is 3.94. The first-order valence-corrected chi connectivity index (χ1v) is 7.72. The topological polar surface area (TPSA) is 55.1 Å². The molecule has 0 bridgehead atoms. The highest BCUT2D eigenvalue weighted by atomic mass is 35.5. The van der Waals surface area contributed by atoms with Gasteiger partial charge >= 0.3 is 0 Å². The number of nitrogens with two attached hydrogens (primary N) is 1. The second-order valence-electron chi connectivity index (χ2n) is 6.38. The molecule has 1 amide bonds. The Morgan fingerprint density at radius 2 is 1.71 bits per heavy atom. The largest absolute Gasteiger partial charge is 0.354 e. The Balaban J connectivity index is 0.00000288. The van der Waals surface area contributed by atoms with E-state index in [2.05, 4.69) is 5.32 Å². The summed E-state index contributed by atoms with van der Waals surface area (Å²) in [4.78, 5) is 12.2. The fourth-order valence-corrected chi connectivity index (χ4v) is 2.51. The maximum atomic E-state index is 13.9. The lowest BCUT2D eigenvalue weighted by Crippen LogP contribution is -2.46. The lowest BCUT2D eigenvalue weighted by atomic mass is 9.84. The summed E-state index contributed by atoms with van der Waals surface area (Å²) < 4.78 is 13.9. The molecule has 130 valence electrons. The molecule has 0 aliphatic carbocycles. The quantitative estimate of drug-likeness (QED) is 0.840. The Hall–Kier alpha value is -1.91. The molecule has 2 rings (SSSR count). The van der Waals surface area contributed by atoms with Crippen molar-refractivity contribution in [3.63, 3.8) is 0 Å². The monoisotopic (exact) mass is 350 g/mol. The molecule has 0 radical (unpaired) electrons. The molecule has 0 fully saturated rings. The molecule has 0 heterocycles. The first-order chi connectivity index (χ1) is 10.9. The molecule has 2 aromatic carbocycles. The minimum atomic E-state index is -0.617. The summed E-state index contributed by atoms with van der Waals surface area (Å²) in [6.07, 6.45) is 0.479. The summed E-state index contributed by atoms with van der Waals surface area (Å²) in [5, 5.41) is 2.84. The Morgan fingerprint density at radius 3 is 2.33 bits per heavy atom. The second-order valence-corrected chi connectivity index (χ2v) is 6.38. The maximum Gasteiger partial charge on any atom is 0.237 e. The molecule has 0 saturated heterocycles. The zero-order valence-electron chi connectivity index (χ0n) is 14.0. The van der Waals surface area contributed by atoms with E-state index in [4.69, 9.17) is 5.73 Å². The number of nitrogens with one attached hydrogen (secondary N) is 1. The Kier molecular flexibility index (Phi) is 7.39. The van der Waals surface area contributed by atoms with Crippen LogP contribution in [0.3, 0.4) is 0 Å². The fraction of sp³-hybridized carbons (Fsp3) is 0.316. The molecule has 0 unspecified atom stereocenters. The van der Waals surface area contributed by atoms with Gasteiger partial charge in [0.1, 0.15) is 5.82 Å². The van der Waals surface area contributed by atoms with Crippen LogP contribution in [0.25, 0.3) is 0 Å². The highest BCUT2D eigenvalue weighted by molar-refractivity contribution is 5.85. The van der Waals surface area contributed by atoms with Crippen molar-refractivity contribution in [1.82, 2.24) is 5.32 Å². The number of hydrogen-bond acceptors (Lipinski definition) is 2. The third-order valence-corrected chi connectivity index (χ3v) is 3.94. The summed E-state index contributed by atoms with van der Waals surface area (Å²) in [6, 6.07) is 15.6. The Morgan fingerprint density at radius 1 is 1.12 bits per heavy atom. The Bertz CT molecular complexity index is 661. The second kappa shape index (κ2) is 8.81. The van der Waals surface area contributed by atoms with Crippen LogP contribution in [0, 0.1) is 5.82 Å². The molecular formula is C19H24ClFN2O. The van der Waals surface area contributed by atoms with E-state index in [9.17, 15) is 9.18 Å². The molecule has 0 spiro atoms. The minimum absolute atomic E-state index is 0. The number of hydrogen-bond donors (Lipinski definition) is 2. The lowest BCUT2D eigenvalue weighted by Gasteiger charge is -2.27. The van der Waals surface area contributed by atoms with E-state index < -0.39 is 11.5 Å². The van der Waals surface area contributed by atoms with Crippen LogP contribution in [0.5, 0.6) is 0 Å². The normalized spacial score (nSPS) is 12.2. The average Bonchev–Trinajstić information content (AvgIpc) is 2.54. The van der Waals surface area contributed by atoms with Gasteiger partial charge in [-0.15, -0.1) is 12.4 Å². The van der Waals surface area contributed by atoms with Crippen molar-refractivity contribution in [3.8, 4) is 0 Å². The highest BCUT2D eigenvalue weighted by Gasteiger charge is 2.25. The molecule has 0 aliphatic heterocycles. The number of carbonyl (C=O) groups excluding carboxylic acids is 1. The smallest absolute Gasteiger partial charge is 0.237 e. The standard InChI is InChI=1S/C19H23FN2O.ClH/c1-19(2,15-10-6-7-11-16(15)20)13-22-18(23)17(21)12-14-8-4-3-5-9-14;/h3-11,17H,12-13,21H2,1-2H3,(H,22,23);1H/t17-;/m0./s1. The number of benzene rings is 2. The summed E-state index contributed by atoms with van der Waals surface area (Å²) in [5.74, 6) is -0.487. The van der Waals surface area contributed by atoms with Crippen molar-refractivity contribution < 1.29 is 9.18 Å². The van der Waals surface area contributed by atoms with Crippen molar-refractivity contribution in [2.24, 2.45) is 5.73 Å². The van der Waals surface area contributed by atoms with Gasteiger partial charge in [0.25, 0.3) is 0 Å². The van der Waals surface area contributed by atoms with Gasteiger partial charge in [-0.05, 0) is 23.6 Å². The summed E-state index contributed by atoms with van der Waals surface area (Å²) in [5.41, 5.74) is 7.05. The minimum Gasteiger partial charge on any atom is -0.354 e. The van der Waals surface area contributed by atoms with Gasteiger partial charge in [0.2, 0.25) is 5.91 Å². The van der Waals surface area contributed by atoms with Gasteiger partial charge in [-0.2, -0.15) is 0 Å². The first-order valence-electron chi connectivity index (χ1n) is 7.72. The van der Waals surface area contributed by atoms with Gasteiger partial charge < -0.3 is 11.1 Å². The third kappa shape index (κ3) is 5.32. The lowest BCUT2D eigenvalue weighted by molar-refractivity contribution is -0.122. The van der Waals surface area contributed by atoms with Gasteiger partial charge in [-0.25, -0.2) is 4.39 Å². The number of rotatable bonds is 6. The van der Waals surface area contributed by atoms with Crippen LogP contribution in [0.15, 0.2) is 54.6 Å². The molecule has 0 aliphatic rings. The van der Waals surface area contributed by atoms with Crippen LogP contribution >= 0.6 is 12.4 Å². The van der Waals surface area contributed by atoms with Crippen LogP contribution in [-0.2, 0) is 16.6 Å². The van der Waals surface area contributed by atoms with Gasteiger partial charge in [0.05, 0.1) is 6.04 Å². The van der Waals surface area contributed by atoms with Crippen LogP contribution in [0.2, 0.25) is 0 Å². The molecule has 0 saturated carbocycles. The molecule has 2 aromatic rings. The molecule has 3 nitrogen and oxygen atoms in total. The van der Waals surface area contributed by atoms with E-state index in [1.54, 1.807) is 18.2 Å². The van der Waals surface area contributed by atoms with Gasteiger partial charge in [0, 0.05) is 12.0 Å². The van der Waals surface area contributed by atoms with Crippen molar-refractivity contribution in [2.75, 3.05) is 6.54 Å². The average molecular weight is 351 g/mol. The fourth-order valence-electron chi connectivity index (χ4n) is 2.51.